The molecule has 0 aliphatic carbocycles. The summed E-state index contributed by atoms with van der Waals surface area (Å²) in [7, 11) is -3.79. The Morgan fingerprint density at radius 2 is 2.12 bits per heavy atom. The highest BCUT2D eigenvalue weighted by atomic mass is 32.2. The Morgan fingerprint density at radius 1 is 1.31 bits per heavy atom. The molecule has 2 heterocycles. The molecule has 0 N–H and O–H groups in total. The Labute approximate surface area is 152 Å². The summed E-state index contributed by atoms with van der Waals surface area (Å²) in [5.41, 5.74) is 0.829. The monoisotopic (exact) mass is 380 g/mol. The van der Waals surface area contributed by atoms with Crippen molar-refractivity contribution in [3.8, 4) is 11.6 Å². The first kappa shape index (κ1) is 18.6. The van der Waals surface area contributed by atoms with E-state index in [0.717, 1.165) is 11.8 Å². The maximum absolute atomic E-state index is 14.0. The average molecular weight is 380 g/mol. The van der Waals surface area contributed by atoms with Gasteiger partial charge in [-0.1, -0.05) is 6.07 Å². The lowest BCUT2D eigenvalue weighted by molar-refractivity contribution is 0.206. The summed E-state index contributed by atoms with van der Waals surface area (Å²) in [6, 6.07) is 9.14. The van der Waals surface area contributed by atoms with Crippen LogP contribution in [-0.2, 0) is 10.0 Å². The largest absolute Gasteiger partial charge is 0.491 e. The summed E-state index contributed by atoms with van der Waals surface area (Å²) in [5, 5.41) is 0. The fraction of sp³-hybridized carbons (Fsp3) is 0.389. The van der Waals surface area contributed by atoms with Crippen molar-refractivity contribution in [1.29, 1.82) is 0 Å². The highest BCUT2D eigenvalue weighted by Gasteiger charge is 2.34. The van der Waals surface area contributed by atoms with Crippen LogP contribution in [0.2, 0.25) is 0 Å². The van der Waals surface area contributed by atoms with Crippen LogP contribution in [-0.4, -0.2) is 43.5 Å². The zero-order valence-electron chi connectivity index (χ0n) is 14.7. The van der Waals surface area contributed by atoms with Crippen molar-refractivity contribution in [1.82, 2.24) is 9.29 Å². The first-order valence-corrected chi connectivity index (χ1v) is 9.87. The van der Waals surface area contributed by atoms with E-state index in [0.29, 0.717) is 25.5 Å². The second kappa shape index (κ2) is 7.59. The molecule has 1 aromatic heterocycles. The molecule has 0 spiro atoms. The van der Waals surface area contributed by atoms with Crippen LogP contribution in [0.15, 0.2) is 41.3 Å². The zero-order valence-corrected chi connectivity index (χ0v) is 15.5. The van der Waals surface area contributed by atoms with Crippen molar-refractivity contribution in [3.05, 3.63) is 47.9 Å². The molecule has 1 aliphatic heterocycles. The molecule has 2 aromatic rings. The lowest BCUT2D eigenvalue weighted by Gasteiger charge is -2.17. The van der Waals surface area contributed by atoms with Crippen LogP contribution in [0.1, 0.15) is 19.0 Å². The average Bonchev–Trinajstić information content (AvgIpc) is 3.06. The number of pyridine rings is 1. The van der Waals surface area contributed by atoms with Crippen LogP contribution in [0.4, 0.5) is 4.39 Å². The molecule has 6 nitrogen and oxygen atoms in total. The van der Waals surface area contributed by atoms with Crippen LogP contribution in [0.25, 0.3) is 0 Å². The lowest BCUT2D eigenvalue weighted by Crippen LogP contribution is -2.31. The van der Waals surface area contributed by atoms with Gasteiger partial charge in [0.05, 0.1) is 18.0 Å². The first-order chi connectivity index (χ1) is 12.4. The van der Waals surface area contributed by atoms with Crippen molar-refractivity contribution in [2.75, 3.05) is 19.7 Å². The highest BCUT2D eigenvalue weighted by molar-refractivity contribution is 7.89. The molecule has 0 amide bonds. The van der Waals surface area contributed by atoms with Crippen molar-refractivity contribution < 1.29 is 22.3 Å². The van der Waals surface area contributed by atoms with Gasteiger partial charge in [0.1, 0.15) is 6.10 Å². The van der Waals surface area contributed by atoms with E-state index in [1.165, 1.54) is 16.4 Å². The minimum atomic E-state index is -3.79. The third kappa shape index (κ3) is 3.96. The van der Waals surface area contributed by atoms with Crippen LogP contribution in [0.3, 0.4) is 0 Å². The summed E-state index contributed by atoms with van der Waals surface area (Å²) in [6.07, 6.45) is 0.264. The van der Waals surface area contributed by atoms with Gasteiger partial charge in [-0.2, -0.15) is 4.31 Å². The maximum Gasteiger partial charge on any atom is 0.243 e. The summed E-state index contributed by atoms with van der Waals surface area (Å²) < 4.78 is 51.7. The fourth-order valence-corrected chi connectivity index (χ4v) is 4.33. The van der Waals surface area contributed by atoms with E-state index in [1.807, 2.05) is 19.1 Å². The van der Waals surface area contributed by atoms with Crippen LogP contribution >= 0.6 is 0 Å². The number of benzene rings is 1. The molecule has 140 valence electrons. The molecule has 8 heteroatoms. The van der Waals surface area contributed by atoms with Gasteiger partial charge in [-0.05, 0) is 44.5 Å². The number of halogens is 1. The van der Waals surface area contributed by atoms with E-state index < -0.39 is 15.8 Å². The zero-order chi connectivity index (χ0) is 18.7. The van der Waals surface area contributed by atoms with Crippen LogP contribution in [0.5, 0.6) is 11.6 Å². The molecule has 1 saturated heterocycles. The summed E-state index contributed by atoms with van der Waals surface area (Å²) in [6.45, 7) is 4.41. The van der Waals surface area contributed by atoms with E-state index >= 15 is 0 Å². The van der Waals surface area contributed by atoms with Gasteiger partial charge < -0.3 is 9.47 Å². The smallest absolute Gasteiger partial charge is 0.243 e. The quantitative estimate of drug-likeness (QED) is 0.771. The molecule has 1 unspecified atom stereocenters. The maximum atomic E-state index is 14.0. The molecular weight excluding hydrogens is 359 g/mol. The molecule has 1 fully saturated rings. The van der Waals surface area contributed by atoms with E-state index in [4.69, 9.17) is 9.47 Å². The topological polar surface area (TPSA) is 68.7 Å². The van der Waals surface area contributed by atoms with Gasteiger partial charge in [0.25, 0.3) is 0 Å². The first-order valence-electron chi connectivity index (χ1n) is 8.43. The van der Waals surface area contributed by atoms with Crippen molar-refractivity contribution in [2.24, 2.45) is 0 Å². The van der Waals surface area contributed by atoms with E-state index in [9.17, 15) is 12.8 Å². The molecule has 1 aliphatic rings. The third-order valence-electron chi connectivity index (χ3n) is 4.10. The SMILES string of the molecule is CCOc1ccc(S(=O)(=O)N2CCC(Oc3cccc(C)n3)C2)cc1F. The number of rotatable bonds is 6. The number of aryl methyl sites for hydroxylation is 1. The normalized spacial score (nSPS) is 18.0. The Hall–Kier alpha value is -2.19. The predicted molar refractivity (Wildman–Crippen MR) is 94.3 cm³/mol. The third-order valence-corrected chi connectivity index (χ3v) is 5.96. The molecule has 0 radical (unpaired) electrons. The van der Waals surface area contributed by atoms with Crippen LogP contribution in [0, 0.1) is 12.7 Å². The standard InChI is InChI=1S/C18H21FN2O4S/c1-3-24-17-8-7-15(11-16(17)19)26(22,23)21-10-9-14(12-21)25-18-6-4-5-13(2)20-18/h4-8,11,14H,3,9-10,12H2,1-2H3. The number of sulfonamides is 1. The second-order valence-electron chi connectivity index (χ2n) is 6.03. The van der Waals surface area contributed by atoms with Crippen molar-refractivity contribution >= 4 is 10.0 Å². The van der Waals surface area contributed by atoms with Gasteiger partial charge in [-0.3, -0.25) is 0 Å². The van der Waals surface area contributed by atoms with E-state index in [1.54, 1.807) is 13.0 Å². The molecule has 26 heavy (non-hydrogen) atoms. The minimum absolute atomic E-state index is 0.0413. The molecule has 0 bridgehead atoms. The van der Waals surface area contributed by atoms with Crippen molar-refractivity contribution in [2.45, 2.75) is 31.3 Å². The Morgan fingerprint density at radius 3 is 2.81 bits per heavy atom. The lowest BCUT2D eigenvalue weighted by atomic mass is 10.3. The Balaban J connectivity index is 1.71. The fourth-order valence-electron chi connectivity index (χ4n) is 2.83. The number of hydrogen-bond donors (Lipinski definition) is 0. The van der Waals surface area contributed by atoms with Gasteiger partial charge in [-0.15, -0.1) is 0 Å². The molecular formula is C18H21FN2O4S. The van der Waals surface area contributed by atoms with Crippen LogP contribution < -0.4 is 9.47 Å². The number of ether oxygens (including phenoxy) is 2. The van der Waals surface area contributed by atoms with Gasteiger partial charge in [0.15, 0.2) is 11.6 Å². The Bertz CT molecular complexity index is 889. The van der Waals surface area contributed by atoms with Gasteiger partial charge in [-0.25, -0.2) is 17.8 Å². The summed E-state index contributed by atoms with van der Waals surface area (Å²) in [5.74, 6) is -0.176. The number of nitrogens with zero attached hydrogens (tertiary/aromatic N) is 2. The molecule has 1 aromatic carbocycles. The minimum Gasteiger partial charge on any atom is -0.491 e. The molecule has 0 saturated carbocycles. The molecule has 3 rings (SSSR count). The number of hydrogen-bond acceptors (Lipinski definition) is 5. The number of aromatic nitrogens is 1. The summed E-state index contributed by atoms with van der Waals surface area (Å²) >= 11 is 0. The van der Waals surface area contributed by atoms with Crippen molar-refractivity contribution in [3.63, 3.8) is 0 Å². The van der Waals surface area contributed by atoms with Gasteiger partial charge >= 0.3 is 0 Å². The van der Waals surface area contributed by atoms with E-state index in [-0.39, 0.29) is 23.3 Å². The molecule has 1 atom stereocenters. The second-order valence-corrected chi connectivity index (χ2v) is 7.97. The van der Waals surface area contributed by atoms with E-state index in [2.05, 4.69) is 4.98 Å². The summed E-state index contributed by atoms with van der Waals surface area (Å²) in [4.78, 5) is 4.18. The van der Waals surface area contributed by atoms with Gasteiger partial charge in [0.2, 0.25) is 15.9 Å². The Kier molecular flexibility index (Phi) is 5.43. The predicted octanol–water partition coefficient (Wildman–Crippen LogP) is 2.77. The highest BCUT2D eigenvalue weighted by Crippen LogP contribution is 2.27. The van der Waals surface area contributed by atoms with Gasteiger partial charge in [0, 0.05) is 18.3 Å².